The Hall–Kier alpha value is -2.49. The normalized spacial score (nSPS) is 10.6. The summed E-state index contributed by atoms with van der Waals surface area (Å²) in [6.07, 6.45) is 1.57. The lowest BCUT2D eigenvalue weighted by atomic mass is 10.1. The smallest absolute Gasteiger partial charge is 0.171 e. The number of furan rings is 1. The summed E-state index contributed by atoms with van der Waals surface area (Å²) in [5, 5.41) is 13.6. The highest BCUT2D eigenvalue weighted by atomic mass is 16.5. The lowest BCUT2D eigenvalue weighted by molar-refractivity contribution is 0.425. The van der Waals surface area contributed by atoms with E-state index in [2.05, 4.69) is 5.16 Å². The highest BCUT2D eigenvalue weighted by Crippen LogP contribution is 2.31. The lowest BCUT2D eigenvalue weighted by Gasteiger charge is -1.97. The van der Waals surface area contributed by atoms with Crippen LogP contribution in [0.15, 0.2) is 57.7 Å². The van der Waals surface area contributed by atoms with Crippen LogP contribution < -0.4 is 0 Å². The van der Waals surface area contributed by atoms with Crippen molar-refractivity contribution in [2.75, 3.05) is 0 Å². The van der Waals surface area contributed by atoms with E-state index in [1.54, 1.807) is 42.7 Å². The largest absolute Gasteiger partial charge is 0.507 e. The van der Waals surface area contributed by atoms with E-state index in [0.29, 0.717) is 22.8 Å². The van der Waals surface area contributed by atoms with Gasteiger partial charge >= 0.3 is 0 Å². The van der Waals surface area contributed by atoms with Crippen LogP contribution in [0.2, 0.25) is 0 Å². The van der Waals surface area contributed by atoms with Gasteiger partial charge in [0.1, 0.15) is 11.4 Å². The summed E-state index contributed by atoms with van der Waals surface area (Å²) in [5.74, 6) is 1.31. The Kier molecular flexibility index (Phi) is 2.19. The third-order valence-electron chi connectivity index (χ3n) is 2.45. The number of benzene rings is 1. The maximum absolute atomic E-state index is 9.69. The van der Waals surface area contributed by atoms with Crippen molar-refractivity contribution in [3.05, 3.63) is 48.7 Å². The summed E-state index contributed by atoms with van der Waals surface area (Å²) < 4.78 is 10.4. The maximum Gasteiger partial charge on any atom is 0.171 e. The second kappa shape index (κ2) is 3.83. The van der Waals surface area contributed by atoms with Crippen LogP contribution in [-0.2, 0) is 0 Å². The molecule has 4 nitrogen and oxygen atoms in total. The summed E-state index contributed by atoms with van der Waals surface area (Å²) >= 11 is 0. The van der Waals surface area contributed by atoms with Crippen LogP contribution in [0.3, 0.4) is 0 Å². The van der Waals surface area contributed by atoms with Crippen LogP contribution in [0.25, 0.3) is 22.8 Å². The molecule has 0 aliphatic carbocycles. The van der Waals surface area contributed by atoms with Crippen molar-refractivity contribution in [1.82, 2.24) is 5.16 Å². The second-order valence-electron chi connectivity index (χ2n) is 3.57. The molecule has 0 unspecified atom stereocenters. The van der Waals surface area contributed by atoms with Gasteiger partial charge in [-0.3, -0.25) is 0 Å². The van der Waals surface area contributed by atoms with Gasteiger partial charge in [-0.2, -0.15) is 0 Å². The van der Waals surface area contributed by atoms with Gasteiger partial charge in [0, 0.05) is 6.07 Å². The molecule has 0 spiro atoms. The fourth-order valence-electron chi connectivity index (χ4n) is 1.62. The fourth-order valence-corrected chi connectivity index (χ4v) is 1.62. The Morgan fingerprint density at radius 2 is 1.88 bits per heavy atom. The number of hydrogen-bond acceptors (Lipinski definition) is 4. The highest BCUT2D eigenvalue weighted by Gasteiger charge is 2.12. The fraction of sp³-hybridized carbons (Fsp3) is 0. The molecule has 0 saturated carbocycles. The second-order valence-corrected chi connectivity index (χ2v) is 3.57. The molecular weight excluding hydrogens is 218 g/mol. The zero-order valence-corrected chi connectivity index (χ0v) is 8.83. The summed E-state index contributed by atoms with van der Waals surface area (Å²) in [7, 11) is 0. The van der Waals surface area contributed by atoms with E-state index in [4.69, 9.17) is 8.94 Å². The van der Waals surface area contributed by atoms with E-state index in [0.717, 1.165) is 0 Å². The molecule has 0 amide bonds. The number of phenolic OH excluding ortho intramolecular Hbond substituents is 1. The van der Waals surface area contributed by atoms with Gasteiger partial charge in [0.25, 0.3) is 0 Å². The lowest BCUT2D eigenvalue weighted by Crippen LogP contribution is -1.74. The molecule has 1 N–H and O–H groups in total. The van der Waals surface area contributed by atoms with Gasteiger partial charge in [-0.15, -0.1) is 0 Å². The zero-order valence-electron chi connectivity index (χ0n) is 8.83. The van der Waals surface area contributed by atoms with Gasteiger partial charge < -0.3 is 14.0 Å². The molecule has 2 heterocycles. The predicted octanol–water partition coefficient (Wildman–Crippen LogP) is 3.31. The van der Waals surface area contributed by atoms with E-state index in [1.807, 2.05) is 6.07 Å². The Morgan fingerprint density at radius 3 is 2.65 bits per heavy atom. The first-order valence-corrected chi connectivity index (χ1v) is 5.13. The van der Waals surface area contributed by atoms with Gasteiger partial charge in [-0.05, 0) is 24.3 Å². The Bertz CT molecular complexity index is 626. The highest BCUT2D eigenvalue weighted by molar-refractivity contribution is 5.68. The third kappa shape index (κ3) is 1.69. The molecule has 0 aliphatic rings. The topological polar surface area (TPSA) is 59.4 Å². The van der Waals surface area contributed by atoms with Crippen LogP contribution in [0.4, 0.5) is 0 Å². The molecule has 1 aromatic carbocycles. The van der Waals surface area contributed by atoms with Crippen LogP contribution in [0, 0.1) is 0 Å². The minimum absolute atomic E-state index is 0.162. The SMILES string of the molecule is Oc1ccccc1-c1cc(-c2ccco2)no1. The Labute approximate surface area is 97.1 Å². The standard InChI is InChI=1S/C13H9NO3/c15-11-5-2-1-4-9(11)13-8-10(14-17-13)12-6-3-7-16-12/h1-8,15H. The molecule has 0 fully saturated rings. The van der Waals surface area contributed by atoms with Crippen molar-refractivity contribution in [1.29, 1.82) is 0 Å². The molecule has 2 aromatic heterocycles. The molecule has 4 heteroatoms. The monoisotopic (exact) mass is 227 g/mol. The van der Waals surface area contributed by atoms with Gasteiger partial charge in [0.2, 0.25) is 0 Å². The van der Waals surface area contributed by atoms with E-state index in [9.17, 15) is 5.11 Å². The quantitative estimate of drug-likeness (QED) is 0.729. The van der Waals surface area contributed by atoms with Crippen LogP contribution in [0.5, 0.6) is 5.75 Å². The molecule has 0 atom stereocenters. The van der Waals surface area contributed by atoms with E-state index in [1.165, 1.54) is 0 Å². The number of aromatic nitrogens is 1. The molecule has 3 rings (SSSR count). The van der Waals surface area contributed by atoms with Gasteiger partial charge in [-0.1, -0.05) is 17.3 Å². The number of rotatable bonds is 2. The molecule has 0 bridgehead atoms. The summed E-state index contributed by atoms with van der Waals surface area (Å²) in [5.41, 5.74) is 1.21. The minimum atomic E-state index is 0.162. The third-order valence-corrected chi connectivity index (χ3v) is 2.45. The first-order chi connectivity index (χ1) is 8.34. The van der Waals surface area contributed by atoms with E-state index >= 15 is 0 Å². The van der Waals surface area contributed by atoms with Gasteiger partial charge in [0.05, 0.1) is 11.8 Å². The number of nitrogens with zero attached hydrogens (tertiary/aromatic N) is 1. The predicted molar refractivity (Wildman–Crippen MR) is 61.3 cm³/mol. The molecule has 0 radical (unpaired) electrons. The van der Waals surface area contributed by atoms with Crippen molar-refractivity contribution < 1.29 is 14.0 Å². The first kappa shape index (κ1) is 9.72. The van der Waals surface area contributed by atoms with Crippen molar-refractivity contribution in [3.63, 3.8) is 0 Å². The molecular formula is C13H9NO3. The van der Waals surface area contributed by atoms with Gasteiger partial charge in [-0.25, -0.2) is 0 Å². The van der Waals surface area contributed by atoms with Crippen molar-refractivity contribution in [2.24, 2.45) is 0 Å². The average Bonchev–Trinajstić information content (AvgIpc) is 3.00. The number of para-hydroxylation sites is 1. The van der Waals surface area contributed by atoms with Crippen LogP contribution in [0.1, 0.15) is 0 Å². The summed E-state index contributed by atoms with van der Waals surface area (Å²) in [6.45, 7) is 0. The van der Waals surface area contributed by atoms with Crippen molar-refractivity contribution >= 4 is 0 Å². The van der Waals surface area contributed by atoms with Crippen LogP contribution >= 0.6 is 0 Å². The van der Waals surface area contributed by atoms with Crippen molar-refractivity contribution in [3.8, 4) is 28.5 Å². The number of hydrogen-bond donors (Lipinski definition) is 1. The summed E-state index contributed by atoms with van der Waals surface area (Å²) in [6, 6.07) is 12.3. The van der Waals surface area contributed by atoms with E-state index < -0.39 is 0 Å². The Morgan fingerprint density at radius 1 is 1.00 bits per heavy atom. The van der Waals surface area contributed by atoms with E-state index in [-0.39, 0.29) is 5.75 Å². The molecule has 0 aliphatic heterocycles. The zero-order chi connectivity index (χ0) is 11.7. The summed E-state index contributed by atoms with van der Waals surface area (Å²) in [4.78, 5) is 0. The van der Waals surface area contributed by atoms with Crippen molar-refractivity contribution in [2.45, 2.75) is 0 Å². The molecule has 0 saturated heterocycles. The number of aromatic hydroxyl groups is 1. The number of phenols is 1. The minimum Gasteiger partial charge on any atom is -0.507 e. The molecule has 84 valence electrons. The molecule has 17 heavy (non-hydrogen) atoms. The Balaban J connectivity index is 2.04. The average molecular weight is 227 g/mol. The van der Waals surface area contributed by atoms with Gasteiger partial charge in [0.15, 0.2) is 11.5 Å². The molecule has 3 aromatic rings. The maximum atomic E-state index is 9.69. The van der Waals surface area contributed by atoms with Crippen LogP contribution in [-0.4, -0.2) is 10.3 Å². The first-order valence-electron chi connectivity index (χ1n) is 5.13.